The number of halogens is 1. The predicted molar refractivity (Wildman–Crippen MR) is 98.9 cm³/mol. The molecule has 1 N–H and O–H groups in total. The van der Waals surface area contributed by atoms with E-state index < -0.39 is 0 Å². The fraction of sp³-hybridized carbons (Fsp3) is 0.333. The predicted octanol–water partition coefficient (Wildman–Crippen LogP) is 2.95. The van der Waals surface area contributed by atoms with Crippen molar-refractivity contribution < 1.29 is 0 Å². The highest BCUT2D eigenvalue weighted by atomic mass is 79.9. The van der Waals surface area contributed by atoms with E-state index in [4.69, 9.17) is 4.98 Å². The second-order valence-corrected chi connectivity index (χ2v) is 6.93. The van der Waals surface area contributed by atoms with Gasteiger partial charge in [0.15, 0.2) is 5.65 Å². The maximum absolute atomic E-state index is 4.91. The molecule has 6 heteroatoms. The van der Waals surface area contributed by atoms with Gasteiger partial charge in [-0.25, -0.2) is 4.98 Å². The summed E-state index contributed by atoms with van der Waals surface area (Å²) in [5.74, 6) is 0. The lowest BCUT2D eigenvalue weighted by molar-refractivity contribution is 0.281. The Hall–Kier alpha value is -1.76. The van der Waals surface area contributed by atoms with E-state index in [1.807, 2.05) is 18.3 Å². The lowest BCUT2D eigenvalue weighted by Crippen LogP contribution is -2.28. The maximum atomic E-state index is 4.91. The van der Waals surface area contributed by atoms with Gasteiger partial charge in [0, 0.05) is 43.8 Å². The van der Waals surface area contributed by atoms with Crippen LogP contribution in [-0.4, -0.2) is 45.4 Å². The normalized spacial score (nSPS) is 16.4. The SMILES string of the molecule is Brc1cccn2c(CN3CCCNCC3)c(-c3cccnc3)nc12. The molecule has 0 aliphatic carbocycles. The maximum Gasteiger partial charge on any atom is 0.152 e. The highest BCUT2D eigenvalue weighted by Crippen LogP contribution is 2.28. The minimum absolute atomic E-state index is 0.892. The summed E-state index contributed by atoms with van der Waals surface area (Å²) in [6.45, 7) is 5.21. The number of pyridine rings is 2. The Balaban J connectivity index is 1.80. The summed E-state index contributed by atoms with van der Waals surface area (Å²) in [4.78, 5) is 11.7. The van der Waals surface area contributed by atoms with Crippen LogP contribution in [-0.2, 0) is 6.54 Å². The molecule has 0 atom stereocenters. The molecule has 0 saturated carbocycles. The van der Waals surface area contributed by atoms with Crippen molar-refractivity contribution in [1.82, 2.24) is 24.6 Å². The average molecular weight is 386 g/mol. The zero-order chi connectivity index (χ0) is 16.4. The number of fused-ring (bicyclic) bond motifs is 1. The van der Waals surface area contributed by atoms with Crippen LogP contribution in [0.5, 0.6) is 0 Å². The first-order valence-electron chi connectivity index (χ1n) is 8.32. The topological polar surface area (TPSA) is 45.5 Å². The molecular formula is C18H20BrN5. The number of rotatable bonds is 3. The van der Waals surface area contributed by atoms with Crippen LogP contribution in [0.25, 0.3) is 16.9 Å². The summed E-state index contributed by atoms with van der Waals surface area (Å²) < 4.78 is 3.21. The molecule has 1 fully saturated rings. The van der Waals surface area contributed by atoms with Crippen LogP contribution in [0.3, 0.4) is 0 Å². The van der Waals surface area contributed by atoms with Crippen molar-refractivity contribution in [2.45, 2.75) is 13.0 Å². The van der Waals surface area contributed by atoms with Gasteiger partial charge in [0.05, 0.1) is 15.9 Å². The molecule has 1 aliphatic heterocycles. The summed E-state index contributed by atoms with van der Waals surface area (Å²) in [5, 5.41) is 3.47. The fourth-order valence-corrected chi connectivity index (χ4v) is 3.67. The van der Waals surface area contributed by atoms with Crippen molar-refractivity contribution in [2.75, 3.05) is 26.2 Å². The third kappa shape index (κ3) is 3.09. The zero-order valence-corrected chi connectivity index (χ0v) is 15.0. The molecule has 4 heterocycles. The first-order chi connectivity index (χ1) is 11.8. The van der Waals surface area contributed by atoms with E-state index >= 15 is 0 Å². The molecule has 0 aromatic carbocycles. The third-order valence-corrected chi connectivity index (χ3v) is 5.06. The van der Waals surface area contributed by atoms with E-state index in [-0.39, 0.29) is 0 Å². The van der Waals surface area contributed by atoms with Crippen molar-refractivity contribution in [2.24, 2.45) is 0 Å². The molecule has 5 nitrogen and oxygen atoms in total. The molecule has 0 spiro atoms. The zero-order valence-electron chi connectivity index (χ0n) is 13.5. The average Bonchev–Trinajstić information content (AvgIpc) is 2.79. The first-order valence-corrected chi connectivity index (χ1v) is 9.11. The Bertz CT molecular complexity index is 822. The van der Waals surface area contributed by atoms with Gasteiger partial charge in [-0.1, -0.05) is 0 Å². The lowest BCUT2D eigenvalue weighted by Gasteiger charge is -2.20. The minimum Gasteiger partial charge on any atom is -0.315 e. The second kappa shape index (κ2) is 7.01. The highest BCUT2D eigenvalue weighted by Gasteiger charge is 2.19. The van der Waals surface area contributed by atoms with E-state index in [2.05, 4.69) is 53.9 Å². The Morgan fingerprint density at radius 2 is 2.12 bits per heavy atom. The van der Waals surface area contributed by atoms with Gasteiger partial charge >= 0.3 is 0 Å². The monoisotopic (exact) mass is 385 g/mol. The van der Waals surface area contributed by atoms with E-state index in [1.54, 1.807) is 6.20 Å². The van der Waals surface area contributed by atoms with Crippen LogP contribution < -0.4 is 5.32 Å². The molecule has 4 rings (SSSR count). The van der Waals surface area contributed by atoms with Crippen LogP contribution >= 0.6 is 15.9 Å². The van der Waals surface area contributed by atoms with Crippen molar-refractivity contribution >= 4 is 21.6 Å². The van der Waals surface area contributed by atoms with Crippen LogP contribution in [0, 0.1) is 0 Å². The molecule has 124 valence electrons. The quantitative estimate of drug-likeness (QED) is 0.752. The van der Waals surface area contributed by atoms with Gasteiger partial charge in [-0.15, -0.1) is 0 Å². The molecule has 24 heavy (non-hydrogen) atoms. The number of nitrogens with zero attached hydrogens (tertiary/aromatic N) is 4. The van der Waals surface area contributed by atoms with Crippen LogP contribution in [0.2, 0.25) is 0 Å². The van der Waals surface area contributed by atoms with E-state index in [1.165, 1.54) is 12.1 Å². The molecule has 0 amide bonds. The molecule has 1 saturated heterocycles. The van der Waals surface area contributed by atoms with Gasteiger partial charge in [0.1, 0.15) is 0 Å². The Morgan fingerprint density at radius 1 is 1.17 bits per heavy atom. The minimum atomic E-state index is 0.892. The third-order valence-electron chi connectivity index (χ3n) is 4.44. The van der Waals surface area contributed by atoms with Crippen LogP contribution in [0.4, 0.5) is 0 Å². The van der Waals surface area contributed by atoms with Crippen LogP contribution in [0.15, 0.2) is 47.3 Å². The standard InChI is InChI=1S/C18H20BrN5/c19-15-5-2-10-24-16(13-23-9-3-7-20-8-11-23)17(22-18(15)24)14-4-1-6-21-12-14/h1-2,4-6,10,12,20H,3,7-9,11,13H2. The largest absolute Gasteiger partial charge is 0.315 e. The smallest absolute Gasteiger partial charge is 0.152 e. The fourth-order valence-electron chi connectivity index (χ4n) is 3.24. The number of hydrogen-bond acceptors (Lipinski definition) is 4. The number of nitrogens with one attached hydrogen (secondary N) is 1. The molecule has 0 unspecified atom stereocenters. The summed E-state index contributed by atoms with van der Waals surface area (Å²) in [5.41, 5.74) is 4.27. The van der Waals surface area contributed by atoms with E-state index in [9.17, 15) is 0 Å². The van der Waals surface area contributed by atoms with E-state index in [0.29, 0.717) is 0 Å². The molecule has 3 aromatic rings. The van der Waals surface area contributed by atoms with Gasteiger partial charge in [-0.05, 0) is 59.7 Å². The van der Waals surface area contributed by atoms with Gasteiger partial charge < -0.3 is 9.72 Å². The molecule has 0 radical (unpaired) electrons. The summed E-state index contributed by atoms with van der Waals surface area (Å²) in [7, 11) is 0. The van der Waals surface area contributed by atoms with Gasteiger partial charge in [0.25, 0.3) is 0 Å². The Labute approximate surface area is 149 Å². The summed E-state index contributed by atoms with van der Waals surface area (Å²) >= 11 is 3.63. The van der Waals surface area contributed by atoms with Gasteiger partial charge in [-0.3, -0.25) is 9.88 Å². The lowest BCUT2D eigenvalue weighted by atomic mass is 10.1. The van der Waals surface area contributed by atoms with Crippen molar-refractivity contribution in [3.63, 3.8) is 0 Å². The summed E-state index contributed by atoms with van der Waals surface area (Å²) in [6, 6.07) is 8.14. The highest BCUT2D eigenvalue weighted by molar-refractivity contribution is 9.10. The number of imidazole rings is 1. The van der Waals surface area contributed by atoms with Crippen molar-refractivity contribution in [3.8, 4) is 11.3 Å². The first kappa shape index (κ1) is 15.7. The molecular weight excluding hydrogens is 366 g/mol. The van der Waals surface area contributed by atoms with Gasteiger partial charge in [-0.2, -0.15) is 0 Å². The van der Waals surface area contributed by atoms with Crippen molar-refractivity contribution in [3.05, 3.63) is 53.0 Å². The Kier molecular flexibility index (Phi) is 4.60. The summed E-state index contributed by atoms with van der Waals surface area (Å²) in [6.07, 6.45) is 6.97. The van der Waals surface area contributed by atoms with Crippen LogP contribution in [0.1, 0.15) is 12.1 Å². The van der Waals surface area contributed by atoms with E-state index in [0.717, 1.165) is 54.1 Å². The number of hydrogen-bond donors (Lipinski definition) is 1. The molecule has 1 aliphatic rings. The van der Waals surface area contributed by atoms with Gasteiger partial charge in [0.2, 0.25) is 0 Å². The van der Waals surface area contributed by atoms with Crippen molar-refractivity contribution in [1.29, 1.82) is 0 Å². The molecule has 0 bridgehead atoms. The second-order valence-electron chi connectivity index (χ2n) is 6.08. The molecule has 3 aromatic heterocycles. The number of aromatic nitrogens is 3. The Morgan fingerprint density at radius 3 is 3.00 bits per heavy atom.